The maximum atomic E-state index is 13.8. The molecule has 2 atom stereocenters. The standard InChI is InChI=1S/C23H25F2N5O/c1-14-4-6-15(7-5-14)19-12-20(21(24)25)30-22(28-19)18(13-26-30)23(31)27-16-8-10-17(11-9-16)29(2)3/h4-11,13,19-21,28H,12H2,1-3H3,(H,27,31)/t19-,20+/m0/s1. The number of nitrogens with zero attached hydrogens (tertiary/aromatic N) is 3. The lowest BCUT2D eigenvalue weighted by atomic mass is 9.96. The highest BCUT2D eigenvalue weighted by molar-refractivity contribution is 6.07. The molecular formula is C23H25F2N5O. The van der Waals surface area contributed by atoms with Crippen molar-refractivity contribution < 1.29 is 13.6 Å². The number of aromatic nitrogens is 2. The number of alkyl halides is 2. The first kappa shape index (κ1) is 20.8. The second-order valence-corrected chi connectivity index (χ2v) is 7.99. The van der Waals surface area contributed by atoms with E-state index in [2.05, 4.69) is 15.7 Å². The topological polar surface area (TPSA) is 62.2 Å². The minimum Gasteiger partial charge on any atom is -0.378 e. The highest BCUT2D eigenvalue weighted by Crippen LogP contribution is 2.39. The number of rotatable bonds is 5. The minimum atomic E-state index is -2.59. The Kier molecular flexibility index (Phi) is 5.63. The molecular weight excluding hydrogens is 400 g/mol. The Balaban J connectivity index is 1.61. The van der Waals surface area contributed by atoms with Crippen LogP contribution < -0.4 is 15.5 Å². The molecule has 8 heteroatoms. The lowest BCUT2D eigenvalue weighted by molar-refractivity contribution is 0.0657. The molecule has 4 rings (SSSR count). The molecule has 0 saturated heterocycles. The molecule has 2 heterocycles. The quantitative estimate of drug-likeness (QED) is 0.612. The summed E-state index contributed by atoms with van der Waals surface area (Å²) in [4.78, 5) is 14.9. The molecule has 1 aromatic heterocycles. The Morgan fingerprint density at radius 3 is 2.45 bits per heavy atom. The summed E-state index contributed by atoms with van der Waals surface area (Å²) < 4.78 is 28.9. The van der Waals surface area contributed by atoms with Gasteiger partial charge in [0, 0.05) is 25.5 Å². The third-order valence-corrected chi connectivity index (χ3v) is 5.55. The molecule has 162 valence electrons. The van der Waals surface area contributed by atoms with Crippen molar-refractivity contribution >= 4 is 23.1 Å². The number of aryl methyl sites for hydroxylation is 1. The second kappa shape index (κ2) is 8.37. The Hall–Kier alpha value is -3.42. The Morgan fingerprint density at radius 2 is 1.84 bits per heavy atom. The summed E-state index contributed by atoms with van der Waals surface area (Å²) in [7, 11) is 3.87. The molecule has 0 fully saturated rings. The smallest absolute Gasteiger partial charge is 0.261 e. The molecule has 31 heavy (non-hydrogen) atoms. The first-order valence-corrected chi connectivity index (χ1v) is 10.1. The van der Waals surface area contributed by atoms with Gasteiger partial charge in [0.25, 0.3) is 12.3 Å². The molecule has 1 amide bonds. The Labute approximate surface area is 179 Å². The van der Waals surface area contributed by atoms with Crippen LogP contribution >= 0.6 is 0 Å². The van der Waals surface area contributed by atoms with Gasteiger partial charge in [0.15, 0.2) is 0 Å². The van der Waals surface area contributed by atoms with Crippen LogP contribution in [0.25, 0.3) is 0 Å². The predicted molar refractivity (Wildman–Crippen MR) is 118 cm³/mol. The zero-order chi connectivity index (χ0) is 22.1. The van der Waals surface area contributed by atoms with E-state index in [0.717, 1.165) is 16.8 Å². The van der Waals surface area contributed by atoms with Crippen LogP contribution in [-0.2, 0) is 0 Å². The number of amides is 1. The van der Waals surface area contributed by atoms with E-state index >= 15 is 0 Å². The largest absolute Gasteiger partial charge is 0.378 e. The summed E-state index contributed by atoms with van der Waals surface area (Å²) in [6, 6.07) is 13.7. The number of anilines is 3. The Bertz CT molecular complexity index is 1060. The number of benzene rings is 2. The molecule has 3 aromatic rings. The van der Waals surface area contributed by atoms with Gasteiger partial charge in [-0.1, -0.05) is 29.8 Å². The molecule has 0 aliphatic carbocycles. The summed E-state index contributed by atoms with van der Waals surface area (Å²) in [6.07, 6.45) is -1.07. The van der Waals surface area contributed by atoms with Crippen LogP contribution in [0.4, 0.5) is 26.0 Å². The monoisotopic (exact) mass is 425 g/mol. The van der Waals surface area contributed by atoms with Crippen molar-refractivity contribution in [1.29, 1.82) is 0 Å². The van der Waals surface area contributed by atoms with Crippen LogP contribution in [0.1, 0.15) is 40.0 Å². The van der Waals surface area contributed by atoms with E-state index in [1.54, 1.807) is 12.1 Å². The van der Waals surface area contributed by atoms with Crippen LogP contribution in [0, 0.1) is 6.92 Å². The fraction of sp³-hybridized carbons (Fsp3) is 0.304. The Morgan fingerprint density at radius 1 is 1.16 bits per heavy atom. The second-order valence-electron chi connectivity index (χ2n) is 7.99. The number of nitrogens with one attached hydrogen (secondary N) is 2. The first-order valence-electron chi connectivity index (χ1n) is 10.1. The summed E-state index contributed by atoms with van der Waals surface area (Å²) in [5.41, 5.74) is 3.85. The van der Waals surface area contributed by atoms with Crippen molar-refractivity contribution in [3.05, 3.63) is 71.4 Å². The van der Waals surface area contributed by atoms with E-state index in [1.165, 1.54) is 10.9 Å². The van der Waals surface area contributed by atoms with Gasteiger partial charge in [0.05, 0.1) is 12.2 Å². The fourth-order valence-corrected chi connectivity index (χ4v) is 3.76. The van der Waals surface area contributed by atoms with E-state index < -0.39 is 18.4 Å². The van der Waals surface area contributed by atoms with Crippen molar-refractivity contribution in [1.82, 2.24) is 9.78 Å². The van der Waals surface area contributed by atoms with Crippen LogP contribution in [0.15, 0.2) is 54.7 Å². The molecule has 0 bridgehead atoms. The van der Waals surface area contributed by atoms with Gasteiger partial charge in [0.2, 0.25) is 0 Å². The van der Waals surface area contributed by atoms with Gasteiger partial charge in [-0.05, 0) is 43.2 Å². The van der Waals surface area contributed by atoms with Gasteiger partial charge in [-0.2, -0.15) is 5.10 Å². The van der Waals surface area contributed by atoms with Gasteiger partial charge in [-0.15, -0.1) is 0 Å². The highest BCUT2D eigenvalue weighted by Gasteiger charge is 2.36. The summed E-state index contributed by atoms with van der Waals surface area (Å²) in [5.74, 6) is -0.0894. The van der Waals surface area contributed by atoms with Gasteiger partial charge in [0.1, 0.15) is 17.4 Å². The van der Waals surface area contributed by atoms with Gasteiger partial charge >= 0.3 is 0 Å². The third kappa shape index (κ3) is 4.23. The van der Waals surface area contributed by atoms with E-state index in [-0.39, 0.29) is 18.0 Å². The number of hydrogen-bond donors (Lipinski definition) is 2. The van der Waals surface area contributed by atoms with E-state index in [9.17, 15) is 13.6 Å². The first-order chi connectivity index (χ1) is 14.8. The molecule has 6 nitrogen and oxygen atoms in total. The third-order valence-electron chi connectivity index (χ3n) is 5.55. The van der Waals surface area contributed by atoms with Crippen molar-refractivity contribution in [3.63, 3.8) is 0 Å². The minimum absolute atomic E-state index is 0.183. The molecule has 1 aliphatic rings. The number of halogens is 2. The molecule has 2 aromatic carbocycles. The van der Waals surface area contributed by atoms with Crippen molar-refractivity contribution in [2.45, 2.75) is 31.9 Å². The number of carbonyl (C=O) groups excluding carboxylic acids is 1. The van der Waals surface area contributed by atoms with Crippen LogP contribution in [0.3, 0.4) is 0 Å². The average molecular weight is 425 g/mol. The fourth-order valence-electron chi connectivity index (χ4n) is 3.76. The summed E-state index contributed by atoms with van der Waals surface area (Å²) in [5, 5.41) is 10.2. The van der Waals surface area contributed by atoms with Crippen LogP contribution in [-0.4, -0.2) is 36.2 Å². The molecule has 0 spiro atoms. The van der Waals surface area contributed by atoms with Crippen LogP contribution in [0.2, 0.25) is 0 Å². The van der Waals surface area contributed by atoms with Gasteiger partial charge < -0.3 is 15.5 Å². The molecule has 0 saturated carbocycles. The van der Waals surface area contributed by atoms with Crippen LogP contribution in [0.5, 0.6) is 0 Å². The SMILES string of the molecule is Cc1ccc([C@@H]2C[C@H](C(F)F)n3ncc(C(=O)Nc4ccc(N(C)C)cc4)c3N2)cc1. The van der Waals surface area contributed by atoms with Crippen molar-refractivity contribution in [3.8, 4) is 0 Å². The maximum Gasteiger partial charge on any atom is 0.261 e. The summed E-state index contributed by atoms with van der Waals surface area (Å²) >= 11 is 0. The van der Waals surface area contributed by atoms with E-state index in [4.69, 9.17) is 0 Å². The van der Waals surface area contributed by atoms with E-state index in [1.807, 2.05) is 62.3 Å². The zero-order valence-electron chi connectivity index (χ0n) is 17.6. The zero-order valence-corrected chi connectivity index (χ0v) is 17.6. The molecule has 0 unspecified atom stereocenters. The van der Waals surface area contributed by atoms with E-state index in [0.29, 0.717) is 11.5 Å². The number of fused-ring (bicyclic) bond motifs is 1. The lowest BCUT2D eigenvalue weighted by Gasteiger charge is -2.32. The van der Waals surface area contributed by atoms with Gasteiger partial charge in [-0.3, -0.25) is 4.79 Å². The summed E-state index contributed by atoms with van der Waals surface area (Å²) in [6.45, 7) is 1.97. The average Bonchev–Trinajstić information content (AvgIpc) is 3.18. The van der Waals surface area contributed by atoms with Crippen molar-refractivity contribution in [2.24, 2.45) is 0 Å². The maximum absolute atomic E-state index is 13.8. The normalized spacial score (nSPS) is 17.7. The molecule has 0 radical (unpaired) electrons. The number of carbonyl (C=O) groups is 1. The highest BCUT2D eigenvalue weighted by atomic mass is 19.3. The molecule has 1 aliphatic heterocycles. The van der Waals surface area contributed by atoms with Gasteiger partial charge in [-0.25, -0.2) is 13.5 Å². The molecule has 2 N–H and O–H groups in total. The van der Waals surface area contributed by atoms with Crippen molar-refractivity contribution in [2.75, 3.05) is 29.6 Å². The lowest BCUT2D eigenvalue weighted by Crippen LogP contribution is -2.31. The number of hydrogen-bond acceptors (Lipinski definition) is 4. The predicted octanol–water partition coefficient (Wildman–Crippen LogP) is 4.87.